The van der Waals surface area contributed by atoms with Gasteiger partial charge in [-0.25, -0.2) is 4.39 Å². The highest BCUT2D eigenvalue weighted by atomic mass is 127. The lowest BCUT2D eigenvalue weighted by Crippen LogP contribution is -2.47. The van der Waals surface area contributed by atoms with Crippen LogP contribution in [0.25, 0.3) is 0 Å². The molecule has 5 nitrogen and oxygen atoms in total. The Labute approximate surface area is 179 Å². The van der Waals surface area contributed by atoms with Crippen LogP contribution in [0.5, 0.6) is 0 Å². The number of aliphatic imine (C=N–C) groups is 1. The maximum atomic E-state index is 13.9. The van der Waals surface area contributed by atoms with Crippen LogP contribution in [-0.4, -0.2) is 63.2 Å². The summed E-state index contributed by atoms with van der Waals surface area (Å²) in [5, 5.41) is 6.95. The maximum absolute atomic E-state index is 13.9. The molecule has 1 aromatic carbocycles. The summed E-state index contributed by atoms with van der Waals surface area (Å²) in [6.07, 6.45) is 6.26. The number of piperazine rings is 1. The van der Waals surface area contributed by atoms with Crippen LogP contribution in [0.3, 0.4) is 0 Å². The summed E-state index contributed by atoms with van der Waals surface area (Å²) in [6, 6.07) is 7.66. The molecule has 0 spiro atoms. The number of anilines is 1. The van der Waals surface area contributed by atoms with Gasteiger partial charge >= 0.3 is 0 Å². The van der Waals surface area contributed by atoms with Gasteiger partial charge in [0.05, 0.1) is 5.69 Å². The fourth-order valence-corrected chi connectivity index (χ4v) is 3.89. The van der Waals surface area contributed by atoms with Crippen molar-refractivity contribution in [1.82, 2.24) is 15.5 Å². The molecular weight excluding hydrogens is 456 g/mol. The van der Waals surface area contributed by atoms with Crippen molar-refractivity contribution in [2.75, 3.05) is 51.2 Å². The molecule has 1 saturated heterocycles. The Kier molecular flexibility index (Phi) is 9.61. The van der Waals surface area contributed by atoms with Gasteiger partial charge < -0.3 is 15.5 Å². The molecule has 0 radical (unpaired) electrons. The third-order valence-electron chi connectivity index (χ3n) is 5.43. The molecule has 27 heavy (non-hydrogen) atoms. The van der Waals surface area contributed by atoms with E-state index in [1.807, 2.05) is 19.2 Å². The van der Waals surface area contributed by atoms with E-state index in [0.29, 0.717) is 6.04 Å². The standard InChI is InChI=1S/C20H32FN5.HI/c1-22-20(24-17-7-2-3-8-17)23-11-6-12-25-13-15-26(16-14-25)19-10-5-4-9-18(19)21;/h4-5,9-10,17H,2-3,6-8,11-16H2,1H3,(H2,22,23,24);1H. The van der Waals surface area contributed by atoms with Gasteiger partial charge in [0, 0.05) is 45.8 Å². The molecule has 0 amide bonds. The van der Waals surface area contributed by atoms with Gasteiger partial charge in [0.15, 0.2) is 5.96 Å². The van der Waals surface area contributed by atoms with Gasteiger partial charge in [0.1, 0.15) is 5.82 Å². The van der Waals surface area contributed by atoms with Crippen molar-refractivity contribution < 1.29 is 4.39 Å². The molecule has 2 aliphatic rings. The van der Waals surface area contributed by atoms with Gasteiger partial charge in [-0.3, -0.25) is 9.89 Å². The quantitative estimate of drug-likeness (QED) is 0.279. The molecule has 1 saturated carbocycles. The first-order valence-corrected chi connectivity index (χ1v) is 9.95. The summed E-state index contributed by atoms with van der Waals surface area (Å²) in [7, 11) is 1.84. The van der Waals surface area contributed by atoms with Crippen molar-refractivity contribution in [2.45, 2.75) is 38.1 Å². The predicted molar refractivity (Wildman–Crippen MR) is 122 cm³/mol. The van der Waals surface area contributed by atoms with Gasteiger partial charge in [-0.15, -0.1) is 24.0 Å². The fourth-order valence-electron chi connectivity index (χ4n) is 3.89. The third kappa shape index (κ3) is 6.78. The van der Waals surface area contributed by atoms with E-state index in [-0.39, 0.29) is 29.8 Å². The van der Waals surface area contributed by atoms with Crippen molar-refractivity contribution in [3.63, 3.8) is 0 Å². The predicted octanol–water partition coefficient (Wildman–Crippen LogP) is 3.06. The molecule has 1 aromatic rings. The molecule has 0 atom stereocenters. The molecule has 152 valence electrons. The molecule has 1 heterocycles. The summed E-state index contributed by atoms with van der Waals surface area (Å²) >= 11 is 0. The molecule has 3 rings (SSSR count). The van der Waals surface area contributed by atoms with Gasteiger partial charge in [0.2, 0.25) is 0 Å². The first-order chi connectivity index (χ1) is 12.8. The normalized spacial score (nSPS) is 19.0. The van der Waals surface area contributed by atoms with Crippen molar-refractivity contribution in [1.29, 1.82) is 0 Å². The highest BCUT2D eigenvalue weighted by Gasteiger charge is 2.19. The number of nitrogens with one attached hydrogen (secondary N) is 2. The van der Waals surface area contributed by atoms with Crippen LogP contribution in [-0.2, 0) is 0 Å². The Hall–Kier alpha value is -1.09. The minimum atomic E-state index is -0.119. The molecule has 0 aromatic heterocycles. The van der Waals surface area contributed by atoms with Crippen molar-refractivity contribution in [3.05, 3.63) is 30.1 Å². The molecule has 0 unspecified atom stereocenters. The number of guanidine groups is 1. The zero-order chi connectivity index (χ0) is 18.2. The minimum absolute atomic E-state index is 0. The van der Waals surface area contributed by atoms with Gasteiger partial charge in [-0.2, -0.15) is 0 Å². The van der Waals surface area contributed by atoms with E-state index in [0.717, 1.165) is 57.3 Å². The first-order valence-electron chi connectivity index (χ1n) is 9.95. The van der Waals surface area contributed by atoms with Crippen LogP contribution >= 0.6 is 24.0 Å². The van der Waals surface area contributed by atoms with E-state index in [9.17, 15) is 4.39 Å². The summed E-state index contributed by atoms with van der Waals surface area (Å²) < 4.78 is 13.9. The lowest BCUT2D eigenvalue weighted by atomic mass is 10.2. The zero-order valence-electron chi connectivity index (χ0n) is 16.3. The molecule has 2 fully saturated rings. The Bertz CT molecular complexity index is 583. The Morgan fingerprint density at radius 3 is 2.52 bits per heavy atom. The molecule has 1 aliphatic heterocycles. The van der Waals surface area contributed by atoms with Crippen LogP contribution in [0.4, 0.5) is 10.1 Å². The van der Waals surface area contributed by atoms with Crippen LogP contribution in [0, 0.1) is 5.82 Å². The van der Waals surface area contributed by atoms with Crippen LogP contribution in [0.1, 0.15) is 32.1 Å². The first kappa shape index (κ1) is 22.2. The number of rotatable bonds is 6. The fraction of sp³-hybridized carbons (Fsp3) is 0.650. The van der Waals surface area contributed by atoms with Crippen molar-refractivity contribution in [3.8, 4) is 0 Å². The summed E-state index contributed by atoms with van der Waals surface area (Å²) in [4.78, 5) is 8.94. The van der Waals surface area contributed by atoms with Crippen molar-refractivity contribution in [2.24, 2.45) is 4.99 Å². The number of nitrogens with zero attached hydrogens (tertiary/aromatic N) is 3. The Balaban J connectivity index is 0.00000261. The highest BCUT2D eigenvalue weighted by Crippen LogP contribution is 2.20. The highest BCUT2D eigenvalue weighted by molar-refractivity contribution is 14.0. The SMILES string of the molecule is CN=C(NCCCN1CCN(c2ccccc2F)CC1)NC1CCCC1.I. The minimum Gasteiger partial charge on any atom is -0.367 e. The Morgan fingerprint density at radius 2 is 1.85 bits per heavy atom. The largest absolute Gasteiger partial charge is 0.367 e. The smallest absolute Gasteiger partial charge is 0.191 e. The number of halogens is 2. The second-order valence-electron chi connectivity index (χ2n) is 7.26. The monoisotopic (exact) mass is 489 g/mol. The zero-order valence-corrected chi connectivity index (χ0v) is 18.6. The number of hydrogen-bond donors (Lipinski definition) is 2. The lowest BCUT2D eigenvalue weighted by Gasteiger charge is -2.36. The summed E-state index contributed by atoms with van der Waals surface area (Å²) in [6.45, 7) is 5.75. The van der Waals surface area contributed by atoms with E-state index in [1.165, 1.54) is 25.7 Å². The van der Waals surface area contributed by atoms with E-state index >= 15 is 0 Å². The van der Waals surface area contributed by atoms with E-state index < -0.39 is 0 Å². The number of para-hydroxylation sites is 1. The second kappa shape index (κ2) is 11.7. The van der Waals surface area contributed by atoms with Gasteiger partial charge in [0.25, 0.3) is 0 Å². The van der Waals surface area contributed by atoms with E-state index in [1.54, 1.807) is 12.1 Å². The summed E-state index contributed by atoms with van der Waals surface area (Å²) in [5.41, 5.74) is 0.732. The van der Waals surface area contributed by atoms with Crippen molar-refractivity contribution >= 4 is 35.6 Å². The van der Waals surface area contributed by atoms with E-state index in [4.69, 9.17) is 0 Å². The molecule has 2 N–H and O–H groups in total. The second-order valence-corrected chi connectivity index (χ2v) is 7.26. The topological polar surface area (TPSA) is 42.9 Å². The van der Waals surface area contributed by atoms with E-state index in [2.05, 4.69) is 25.4 Å². The number of hydrogen-bond acceptors (Lipinski definition) is 3. The van der Waals surface area contributed by atoms with Gasteiger partial charge in [-0.1, -0.05) is 25.0 Å². The van der Waals surface area contributed by atoms with Gasteiger partial charge in [-0.05, 0) is 37.9 Å². The van der Waals surface area contributed by atoms with Crippen LogP contribution < -0.4 is 15.5 Å². The molecule has 7 heteroatoms. The third-order valence-corrected chi connectivity index (χ3v) is 5.43. The summed E-state index contributed by atoms with van der Waals surface area (Å²) in [5.74, 6) is 0.813. The maximum Gasteiger partial charge on any atom is 0.191 e. The van der Waals surface area contributed by atoms with Crippen LogP contribution in [0.2, 0.25) is 0 Å². The lowest BCUT2D eigenvalue weighted by molar-refractivity contribution is 0.254. The van der Waals surface area contributed by atoms with Crippen LogP contribution in [0.15, 0.2) is 29.3 Å². The molecular formula is C20H33FIN5. The Morgan fingerprint density at radius 1 is 1.15 bits per heavy atom. The average molecular weight is 489 g/mol. The molecule has 0 bridgehead atoms. The average Bonchev–Trinajstić information content (AvgIpc) is 3.18. The molecule has 1 aliphatic carbocycles. The number of benzene rings is 1.